The first-order valence-corrected chi connectivity index (χ1v) is 20.2. The summed E-state index contributed by atoms with van der Waals surface area (Å²) in [6.45, 7) is 3.96. The Morgan fingerprint density at radius 2 is 1.78 bits per heavy atom. The molecule has 5 heterocycles. The minimum absolute atomic E-state index is 0.116. The summed E-state index contributed by atoms with van der Waals surface area (Å²) >= 11 is 1.39. The first-order chi connectivity index (χ1) is 24.2. The zero-order valence-electron chi connectivity index (χ0n) is 28.2. The van der Waals surface area contributed by atoms with Gasteiger partial charge in [0.15, 0.2) is 0 Å². The molecule has 0 spiro atoms. The van der Waals surface area contributed by atoms with Crippen molar-refractivity contribution in [1.82, 2.24) is 8.87 Å². The van der Waals surface area contributed by atoms with E-state index in [4.69, 9.17) is 9.47 Å². The number of fused-ring (bicyclic) bond motifs is 5. The highest BCUT2D eigenvalue weighted by Gasteiger charge is 2.32. The van der Waals surface area contributed by atoms with Crippen molar-refractivity contribution in [3.05, 3.63) is 58.5 Å². The van der Waals surface area contributed by atoms with Gasteiger partial charge in [-0.1, -0.05) is 19.3 Å². The largest absolute Gasteiger partial charge is 0.491 e. The summed E-state index contributed by atoms with van der Waals surface area (Å²) in [4.78, 5) is 29.0. The van der Waals surface area contributed by atoms with E-state index in [1.165, 1.54) is 46.7 Å². The average molecular weight is 719 g/mol. The minimum Gasteiger partial charge on any atom is -0.491 e. The summed E-state index contributed by atoms with van der Waals surface area (Å²) in [7, 11) is -3.26. The van der Waals surface area contributed by atoms with Gasteiger partial charge in [-0.15, -0.1) is 11.3 Å². The van der Waals surface area contributed by atoms with Crippen molar-refractivity contribution >= 4 is 54.8 Å². The number of ether oxygens (including phenoxy) is 2. The van der Waals surface area contributed by atoms with Gasteiger partial charge in [0.25, 0.3) is 0 Å². The molecule has 2 aromatic carbocycles. The Bertz CT molecular complexity index is 2070. The average Bonchev–Trinajstić information content (AvgIpc) is 3.78. The zero-order chi connectivity index (χ0) is 34.6. The number of piperazine rings is 1. The number of sulfonamides is 1. The number of thiophene rings is 1. The maximum Gasteiger partial charge on any atom is 0.345 e. The molecule has 50 heavy (non-hydrogen) atoms. The fraction of sp³-hybridized carbons (Fsp3) is 0.459. The molecule has 8 rings (SSSR count). The maximum atomic E-state index is 12.6. The van der Waals surface area contributed by atoms with Crippen LogP contribution in [0.1, 0.15) is 71.7 Å². The molecule has 1 amide bonds. The van der Waals surface area contributed by atoms with Crippen molar-refractivity contribution in [1.29, 1.82) is 0 Å². The van der Waals surface area contributed by atoms with E-state index in [0.717, 1.165) is 63.4 Å². The molecule has 3 fully saturated rings. The van der Waals surface area contributed by atoms with Crippen molar-refractivity contribution in [2.24, 2.45) is 0 Å². The topological polar surface area (TPSA) is 122 Å². The van der Waals surface area contributed by atoms with Gasteiger partial charge in [0.1, 0.15) is 29.6 Å². The Morgan fingerprint density at radius 1 is 0.980 bits per heavy atom. The second-order valence-electron chi connectivity index (χ2n) is 13.8. The van der Waals surface area contributed by atoms with Gasteiger partial charge in [-0.25, -0.2) is 13.2 Å². The Morgan fingerprint density at radius 3 is 2.50 bits per heavy atom. The van der Waals surface area contributed by atoms with E-state index < -0.39 is 16.0 Å². The van der Waals surface area contributed by atoms with Crippen LogP contribution in [-0.2, 0) is 28.0 Å². The molecule has 11 nitrogen and oxygen atoms in total. The lowest BCUT2D eigenvalue weighted by Crippen LogP contribution is -2.48. The van der Waals surface area contributed by atoms with E-state index in [2.05, 4.69) is 15.5 Å². The molecular formula is C37H42N4O7S2. The molecule has 264 valence electrons. The van der Waals surface area contributed by atoms with Gasteiger partial charge in [0, 0.05) is 67.7 Å². The SMILES string of the molecule is CS(=O)(=O)N1CCN(c2ccc(N3CCCC3=O)cc2COc2ccc3c(c2)OCCn2c-3c(C3CCCCC3)c3sc(C(=O)O)cc32)CC1. The summed E-state index contributed by atoms with van der Waals surface area (Å²) in [5.74, 6) is 1.01. The monoisotopic (exact) mass is 718 g/mol. The van der Waals surface area contributed by atoms with Crippen LogP contribution >= 0.6 is 11.3 Å². The van der Waals surface area contributed by atoms with Gasteiger partial charge in [0.2, 0.25) is 15.9 Å². The second-order valence-corrected chi connectivity index (χ2v) is 16.8. The number of aromatic nitrogens is 1. The van der Waals surface area contributed by atoms with Crippen LogP contribution in [0.4, 0.5) is 11.4 Å². The van der Waals surface area contributed by atoms with E-state index in [1.807, 2.05) is 41.3 Å². The summed E-state index contributed by atoms with van der Waals surface area (Å²) in [5, 5.41) is 9.82. The third-order valence-electron chi connectivity index (χ3n) is 10.7. The van der Waals surface area contributed by atoms with Crippen LogP contribution in [0.3, 0.4) is 0 Å². The number of carbonyl (C=O) groups excluding carboxylic acids is 1. The Balaban J connectivity index is 1.11. The molecular weight excluding hydrogens is 677 g/mol. The number of amides is 1. The van der Waals surface area contributed by atoms with E-state index in [-0.39, 0.29) is 12.5 Å². The van der Waals surface area contributed by atoms with Gasteiger partial charge >= 0.3 is 5.97 Å². The molecule has 2 saturated heterocycles. The normalized spacial score (nSPS) is 18.9. The van der Waals surface area contributed by atoms with E-state index in [1.54, 1.807) is 0 Å². The van der Waals surface area contributed by atoms with Crippen LogP contribution in [0.5, 0.6) is 11.5 Å². The van der Waals surface area contributed by atoms with E-state index in [9.17, 15) is 23.1 Å². The first kappa shape index (κ1) is 33.1. The smallest absolute Gasteiger partial charge is 0.345 e. The predicted molar refractivity (Wildman–Crippen MR) is 195 cm³/mol. The van der Waals surface area contributed by atoms with Crippen LogP contribution in [0.25, 0.3) is 21.5 Å². The van der Waals surface area contributed by atoms with Crippen molar-refractivity contribution in [3.8, 4) is 22.8 Å². The third kappa shape index (κ3) is 6.13. The van der Waals surface area contributed by atoms with Crippen molar-refractivity contribution in [2.45, 2.75) is 64.0 Å². The van der Waals surface area contributed by atoms with Gasteiger partial charge in [-0.3, -0.25) is 4.79 Å². The third-order valence-corrected chi connectivity index (χ3v) is 13.1. The van der Waals surface area contributed by atoms with Gasteiger partial charge < -0.3 is 28.9 Å². The molecule has 2 aromatic heterocycles. The Hall–Kier alpha value is -4.07. The molecule has 4 aromatic rings. The number of anilines is 2. The van der Waals surface area contributed by atoms with Crippen molar-refractivity contribution < 1.29 is 32.6 Å². The standard InChI is InChI=1S/C37H42N4O7S2/c1-50(45,46)39-16-14-38(15-17-39)29-12-9-26(40-13-5-8-33(40)42)20-25(29)23-48-27-10-11-28-31(21-27)47-19-18-41-30-22-32(37(43)44)49-36(30)34(35(28)41)24-6-3-2-4-7-24/h9-12,20-22,24H,2-8,13-19,23H2,1H3,(H,43,44). The summed E-state index contributed by atoms with van der Waals surface area (Å²) < 4.78 is 42.0. The van der Waals surface area contributed by atoms with Crippen LogP contribution in [-0.4, -0.2) is 79.9 Å². The van der Waals surface area contributed by atoms with Crippen molar-refractivity contribution in [2.75, 3.05) is 55.4 Å². The quantitative estimate of drug-likeness (QED) is 0.226. The number of carbonyl (C=O) groups is 2. The number of carboxylic acids is 1. The number of rotatable bonds is 8. The fourth-order valence-electron chi connectivity index (χ4n) is 8.21. The summed E-state index contributed by atoms with van der Waals surface area (Å²) in [6.07, 6.45) is 8.39. The van der Waals surface area contributed by atoms with E-state index in [0.29, 0.717) is 68.8 Å². The lowest BCUT2D eigenvalue weighted by molar-refractivity contribution is -0.117. The molecule has 13 heteroatoms. The lowest BCUT2D eigenvalue weighted by Gasteiger charge is -2.36. The van der Waals surface area contributed by atoms with Crippen LogP contribution in [0.15, 0.2) is 42.5 Å². The number of hydrogen-bond acceptors (Lipinski definition) is 8. The maximum absolute atomic E-state index is 12.6. The number of aromatic carboxylic acids is 1. The summed E-state index contributed by atoms with van der Waals surface area (Å²) in [5.41, 5.74) is 7.09. The predicted octanol–water partition coefficient (Wildman–Crippen LogP) is 6.30. The summed E-state index contributed by atoms with van der Waals surface area (Å²) in [6, 6.07) is 13.9. The first-order valence-electron chi connectivity index (χ1n) is 17.6. The van der Waals surface area contributed by atoms with Crippen LogP contribution in [0, 0.1) is 0 Å². The molecule has 3 aliphatic heterocycles. The van der Waals surface area contributed by atoms with Crippen LogP contribution in [0.2, 0.25) is 0 Å². The van der Waals surface area contributed by atoms with Crippen LogP contribution < -0.4 is 19.3 Å². The number of benzene rings is 2. The van der Waals surface area contributed by atoms with Gasteiger partial charge in [-0.05, 0) is 67.1 Å². The van der Waals surface area contributed by atoms with Gasteiger partial charge in [0.05, 0.1) is 28.7 Å². The Labute approximate surface area is 296 Å². The molecule has 1 N–H and O–H groups in total. The highest BCUT2D eigenvalue weighted by Crippen LogP contribution is 2.49. The van der Waals surface area contributed by atoms with Gasteiger partial charge in [-0.2, -0.15) is 4.31 Å². The fourth-order valence-corrected chi connectivity index (χ4v) is 10.2. The molecule has 4 aliphatic rings. The van der Waals surface area contributed by atoms with E-state index >= 15 is 0 Å². The minimum atomic E-state index is -3.26. The Kier molecular flexibility index (Phi) is 8.76. The number of nitrogens with zero attached hydrogens (tertiary/aromatic N) is 4. The molecule has 1 aliphatic carbocycles. The second kappa shape index (κ2) is 13.2. The van der Waals surface area contributed by atoms with Crippen molar-refractivity contribution in [3.63, 3.8) is 0 Å². The highest BCUT2D eigenvalue weighted by atomic mass is 32.2. The number of carboxylic acid groups (broad SMARTS) is 1. The lowest BCUT2D eigenvalue weighted by atomic mass is 9.83. The molecule has 1 saturated carbocycles. The zero-order valence-corrected chi connectivity index (χ0v) is 29.9. The highest BCUT2D eigenvalue weighted by molar-refractivity contribution is 7.88. The number of hydrogen-bond donors (Lipinski definition) is 1. The molecule has 0 unspecified atom stereocenters. The molecule has 0 bridgehead atoms. The molecule has 0 atom stereocenters. The molecule has 0 radical (unpaired) electrons.